The fourth-order valence-corrected chi connectivity index (χ4v) is 2.39. The van der Waals surface area contributed by atoms with E-state index in [1.54, 1.807) is 7.11 Å². The van der Waals surface area contributed by atoms with Crippen molar-refractivity contribution in [2.24, 2.45) is 0 Å². The first-order valence-electron chi connectivity index (χ1n) is 7.90. The highest BCUT2D eigenvalue weighted by Gasteiger charge is 2.11. The van der Waals surface area contributed by atoms with Crippen molar-refractivity contribution in [1.29, 1.82) is 5.26 Å². The van der Waals surface area contributed by atoms with Gasteiger partial charge >= 0.3 is 0 Å². The van der Waals surface area contributed by atoms with Crippen LogP contribution in [0, 0.1) is 11.3 Å². The lowest BCUT2D eigenvalue weighted by Crippen LogP contribution is -2.04. The first kappa shape index (κ1) is 16.9. The number of nitrogens with zero attached hydrogens (tertiary/aromatic N) is 1. The molecule has 0 aliphatic rings. The third kappa shape index (κ3) is 4.75. The average molecular weight is 309 g/mol. The predicted octanol–water partition coefficient (Wildman–Crippen LogP) is 4.89. The minimum atomic E-state index is -0.171. The van der Waals surface area contributed by atoms with E-state index in [1.165, 1.54) is 5.56 Å². The molecule has 23 heavy (non-hydrogen) atoms. The standard InChI is InChI=1S/C20H23NO2/c1-15(2)16-4-10-20(11-5-16)23-13-12-18(14-21)17-6-8-19(22-3)9-7-17/h4-11,15,18H,12-13H2,1-3H3. The van der Waals surface area contributed by atoms with Gasteiger partial charge in [-0.05, 0) is 41.3 Å². The van der Waals surface area contributed by atoms with Crippen molar-refractivity contribution in [1.82, 2.24) is 0 Å². The molecule has 2 rings (SSSR count). The minimum Gasteiger partial charge on any atom is -0.497 e. The molecule has 2 aromatic rings. The van der Waals surface area contributed by atoms with Crippen molar-refractivity contribution in [3.8, 4) is 17.6 Å². The lowest BCUT2D eigenvalue weighted by molar-refractivity contribution is 0.306. The summed E-state index contributed by atoms with van der Waals surface area (Å²) in [7, 11) is 1.63. The van der Waals surface area contributed by atoms with E-state index in [4.69, 9.17) is 9.47 Å². The number of ether oxygens (including phenoxy) is 2. The third-order valence-corrected chi connectivity index (χ3v) is 3.90. The lowest BCUT2D eigenvalue weighted by atomic mass is 9.97. The monoisotopic (exact) mass is 309 g/mol. The molecule has 2 aromatic carbocycles. The number of nitriles is 1. The second-order valence-corrected chi connectivity index (χ2v) is 5.82. The molecule has 0 N–H and O–H groups in total. The van der Waals surface area contributed by atoms with Gasteiger partial charge in [-0.2, -0.15) is 5.26 Å². The zero-order chi connectivity index (χ0) is 16.7. The number of hydrogen-bond acceptors (Lipinski definition) is 3. The van der Waals surface area contributed by atoms with E-state index in [9.17, 15) is 5.26 Å². The van der Waals surface area contributed by atoms with Gasteiger partial charge in [-0.25, -0.2) is 0 Å². The Hall–Kier alpha value is -2.47. The van der Waals surface area contributed by atoms with Gasteiger partial charge in [0, 0.05) is 6.42 Å². The fraction of sp³-hybridized carbons (Fsp3) is 0.350. The lowest BCUT2D eigenvalue weighted by Gasteiger charge is -2.12. The summed E-state index contributed by atoms with van der Waals surface area (Å²) in [6.45, 7) is 4.86. The number of benzene rings is 2. The summed E-state index contributed by atoms with van der Waals surface area (Å²) in [5.74, 6) is 1.99. The largest absolute Gasteiger partial charge is 0.497 e. The number of methoxy groups -OCH3 is 1. The van der Waals surface area contributed by atoms with Crippen molar-refractivity contribution in [3.63, 3.8) is 0 Å². The topological polar surface area (TPSA) is 42.2 Å². The van der Waals surface area contributed by atoms with Crippen LogP contribution in [0.5, 0.6) is 11.5 Å². The van der Waals surface area contributed by atoms with Gasteiger partial charge in [0.25, 0.3) is 0 Å². The second-order valence-electron chi connectivity index (χ2n) is 5.82. The van der Waals surface area contributed by atoms with Crippen LogP contribution in [0.1, 0.15) is 43.2 Å². The van der Waals surface area contributed by atoms with Gasteiger partial charge < -0.3 is 9.47 Å². The summed E-state index contributed by atoms with van der Waals surface area (Å²) in [5.41, 5.74) is 2.29. The average Bonchev–Trinajstić information content (AvgIpc) is 2.59. The van der Waals surface area contributed by atoms with Crippen molar-refractivity contribution in [2.75, 3.05) is 13.7 Å². The molecule has 3 heteroatoms. The van der Waals surface area contributed by atoms with Crippen LogP contribution in [0.4, 0.5) is 0 Å². The fourth-order valence-electron chi connectivity index (χ4n) is 2.39. The predicted molar refractivity (Wildman–Crippen MR) is 92.0 cm³/mol. The summed E-state index contributed by atoms with van der Waals surface area (Å²) in [5, 5.41) is 9.36. The first-order chi connectivity index (χ1) is 11.1. The van der Waals surface area contributed by atoms with Crippen molar-refractivity contribution >= 4 is 0 Å². The smallest absolute Gasteiger partial charge is 0.119 e. The molecule has 1 atom stereocenters. The Morgan fingerprint density at radius 3 is 2.00 bits per heavy atom. The molecule has 120 valence electrons. The van der Waals surface area contributed by atoms with E-state index in [0.29, 0.717) is 18.9 Å². The zero-order valence-electron chi connectivity index (χ0n) is 14.0. The van der Waals surface area contributed by atoms with Crippen molar-refractivity contribution in [2.45, 2.75) is 32.1 Å². The summed E-state index contributed by atoms with van der Waals surface area (Å²) >= 11 is 0. The minimum absolute atomic E-state index is 0.171. The van der Waals surface area contributed by atoms with Gasteiger partial charge in [0.2, 0.25) is 0 Å². The van der Waals surface area contributed by atoms with Gasteiger partial charge in [-0.1, -0.05) is 38.1 Å². The van der Waals surface area contributed by atoms with E-state index >= 15 is 0 Å². The van der Waals surface area contributed by atoms with Gasteiger partial charge in [0.15, 0.2) is 0 Å². The summed E-state index contributed by atoms with van der Waals surface area (Å²) < 4.78 is 10.9. The molecule has 0 radical (unpaired) electrons. The van der Waals surface area contributed by atoms with Crippen molar-refractivity contribution in [3.05, 3.63) is 59.7 Å². The maximum absolute atomic E-state index is 9.36. The first-order valence-corrected chi connectivity index (χ1v) is 7.90. The number of hydrogen-bond donors (Lipinski definition) is 0. The van der Waals surface area contributed by atoms with Gasteiger partial charge in [-0.3, -0.25) is 0 Å². The Morgan fingerprint density at radius 1 is 0.913 bits per heavy atom. The SMILES string of the molecule is COc1ccc(C(C#N)CCOc2ccc(C(C)C)cc2)cc1. The molecule has 0 saturated heterocycles. The van der Waals surface area contributed by atoms with Crippen LogP contribution >= 0.6 is 0 Å². The Labute approximate surface area is 138 Å². The van der Waals surface area contributed by atoms with Crippen LogP contribution in [-0.2, 0) is 0 Å². The van der Waals surface area contributed by atoms with E-state index in [2.05, 4.69) is 32.0 Å². The molecule has 0 amide bonds. The van der Waals surface area contributed by atoms with Crippen molar-refractivity contribution < 1.29 is 9.47 Å². The Balaban J connectivity index is 1.89. The molecular formula is C20H23NO2. The summed E-state index contributed by atoms with van der Waals surface area (Å²) in [6.07, 6.45) is 0.661. The van der Waals surface area contributed by atoms with E-state index < -0.39 is 0 Å². The Bertz CT molecular complexity index is 639. The molecule has 0 aromatic heterocycles. The molecule has 0 spiro atoms. The van der Waals surface area contributed by atoms with E-state index in [-0.39, 0.29) is 5.92 Å². The van der Waals surface area contributed by atoms with Crippen LogP contribution in [0.25, 0.3) is 0 Å². The molecule has 0 fully saturated rings. The highest BCUT2D eigenvalue weighted by atomic mass is 16.5. The van der Waals surface area contributed by atoms with Crippen LogP contribution in [-0.4, -0.2) is 13.7 Å². The molecule has 0 bridgehead atoms. The Kier molecular flexibility index (Phi) is 6.05. The molecule has 0 heterocycles. The van der Waals surface area contributed by atoms with Crippen LogP contribution < -0.4 is 9.47 Å². The highest BCUT2D eigenvalue weighted by molar-refractivity contribution is 5.32. The summed E-state index contributed by atoms with van der Waals surface area (Å²) in [6, 6.07) is 18.1. The van der Waals surface area contributed by atoms with E-state index in [0.717, 1.165) is 17.1 Å². The highest BCUT2D eigenvalue weighted by Crippen LogP contribution is 2.23. The Morgan fingerprint density at radius 2 is 1.48 bits per heavy atom. The maximum Gasteiger partial charge on any atom is 0.119 e. The number of rotatable bonds is 7. The zero-order valence-corrected chi connectivity index (χ0v) is 14.0. The molecule has 3 nitrogen and oxygen atoms in total. The van der Waals surface area contributed by atoms with E-state index in [1.807, 2.05) is 36.4 Å². The second kappa shape index (κ2) is 8.24. The van der Waals surface area contributed by atoms with Crippen LogP contribution in [0.3, 0.4) is 0 Å². The van der Waals surface area contributed by atoms with Crippen LogP contribution in [0.2, 0.25) is 0 Å². The van der Waals surface area contributed by atoms with Gasteiger partial charge in [-0.15, -0.1) is 0 Å². The normalized spacial score (nSPS) is 11.8. The molecular weight excluding hydrogens is 286 g/mol. The van der Waals surface area contributed by atoms with Crippen LogP contribution in [0.15, 0.2) is 48.5 Å². The third-order valence-electron chi connectivity index (χ3n) is 3.90. The molecule has 0 aliphatic carbocycles. The maximum atomic E-state index is 9.36. The van der Waals surface area contributed by atoms with Gasteiger partial charge in [0.1, 0.15) is 11.5 Å². The molecule has 0 aliphatic heterocycles. The van der Waals surface area contributed by atoms with Gasteiger partial charge in [0.05, 0.1) is 25.7 Å². The summed E-state index contributed by atoms with van der Waals surface area (Å²) in [4.78, 5) is 0. The molecule has 0 saturated carbocycles. The quantitative estimate of drug-likeness (QED) is 0.731. The molecule has 1 unspecified atom stereocenters.